The van der Waals surface area contributed by atoms with Gasteiger partial charge in [0.05, 0.1) is 12.1 Å². The molecule has 14 heavy (non-hydrogen) atoms. The van der Waals surface area contributed by atoms with E-state index in [1.54, 1.807) is 11.9 Å². The number of aliphatic hydroxyl groups excluding tert-OH is 1. The van der Waals surface area contributed by atoms with Crippen LogP contribution in [0, 0.1) is 0 Å². The van der Waals surface area contributed by atoms with Crippen LogP contribution in [-0.4, -0.2) is 47.8 Å². The minimum Gasteiger partial charge on any atom is -0.394 e. The summed E-state index contributed by atoms with van der Waals surface area (Å²) >= 11 is 0. The van der Waals surface area contributed by atoms with Crippen LogP contribution in [0.1, 0.15) is 26.7 Å². The van der Waals surface area contributed by atoms with Crippen molar-refractivity contribution in [3.63, 3.8) is 0 Å². The molecule has 1 aliphatic rings. The highest BCUT2D eigenvalue weighted by Gasteiger charge is 2.33. The normalized spacial score (nSPS) is 22.4. The number of ether oxygens (including phenoxy) is 1. The van der Waals surface area contributed by atoms with Gasteiger partial charge in [-0.25, -0.2) is 0 Å². The molecule has 0 saturated carbocycles. The molecule has 1 atom stereocenters. The van der Waals surface area contributed by atoms with E-state index in [1.165, 1.54) is 0 Å². The lowest BCUT2D eigenvalue weighted by Crippen LogP contribution is -2.51. The highest BCUT2D eigenvalue weighted by atomic mass is 16.5. The second kappa shape index (κ2) is 4.28. The fourth-order valence-corrected chi connectivity index (χ4v) is 1.39. The molecule has 0 aliphatic carbocycles. The zero-order chi connectivity index (χ0) is 10.8. The Morgan fingerprint density at radius 1 is 1.64 bits per heavy atom. The summed E-state index contributed by atoms with van der Waals surface area (Å²) in [6, 6.07) is 0. The van der Waals surface area contributed by atoms with Gasteiger partial charge in [-0.15, -0.1) is 0 Å². The maximum absolute atomic E-state index is 11.8. The highest BCUT2D eigenvalue weighted by molar-refractivity contribution is 5.81. The smallest absolute Gasteiger partial charge is 0.251 e. The molecule has 0 aromatic rings. The fourth-order valence-electron chi connectivity index (χ4n) is 1.39. The molecule has 0 unspecified atom stereocenters. The lowest BCUT2D eigenvalue weighted by molar-refractivity contribution is -0.145. The van der Waals surface area contributed by atoms with E-state index in [0.717, 1.165) is 12.8 Å². The van der Waals surface area contributed by atoms with E-state index in [-0.39, 0.29) is 18.6 Å². The Balaban J connectivity index is 2.59. The molecule has 1 amide bonds. The molecule has 0 spiro atoms. The third-order valence-corrected chi connectivity index (χ3v) is 2.83. The zero-order valence-electron chi connectivity index (χ0n) is 9.12. The molecule has 1 heterocycles. The van der Waals surface area contributed by atoms with E-state index in [2.05, 4.69) is 0 Å². The van der Waals surface area contributed by atoms with E-state index in [0.29, 0.717) is 6.61 Å². The summed E-state index contributed by atoms with van der Waals surface area (Å²) < 4.78 is 5.30. The van der Waals surface area contributed by atoms with Crippen LogP contribution >= 0.6 is 0 Å². The van der Waals surface area contributed by atoms with Crippen molar-refractivity contribution in [3.05, 3.63) is 0 Å². The van der Waals surface area contributed by atoms with Gasteiger partial charge in [0.25, 0.3) is 5.91 Å². The van der Waals surface area contributed by atoms with Gasteiger partial charge in [-0.1, -0.05) is 0 Å². The number of hydrogen-bond acceptors (Lipinski definition) is 3. The zero-order valence-corrected chi connectivity index (χ0v) is 9.12. The molecule has 0 aromatic heterocycles. The second-order valence-electron chi connectivity index (χ2n) is 4.37. The molecule has 1 aliphatic heterocycles. The van der Waals surface area contributed by atoms with Gasteiger partial charge in [0.1, 0.15) is 6.10 Å². The summed E-state index contributed by atoms with van der Waals surface area (Å²) in [7, 11) is 1.71. The molecule has 0 radical (unpaired) electrons. The molecule has 0 aromatic carbocycles. The van der Waals surface area contributed by atoms with Crippen LogP contribution in [0.15, 0.2) is 0 Å². The van der Waals surface area contributed by atoms with Gasteiger partial charge in [-0.2, -0.15) is 0 Å². The summed E-state index contributed by atoms with van der Waals surface area (Å²) in [6.07, 6.45) is 1.44. The first-order valence-corrected chi connectivity index (χ1v) is 4.99. The van der Waals surface area contributed by atoms with Crippen molar-refractivity contribution < 1.29 is 14.6 Å². The van der Waals surface area contributed by atoms with E-state index in [4.69, 9.17) is 9.84 Å². The van der Waals surface area contributed by atoms with Crippen molar-refractivity contribution >= 4 is 5.91 Å². The Kier molecular flexibility index (Phi) is 3.50. The summed E-state index contributed by atoms with van der Waals surface area (Å²) in [4.78, 5) is 13.4. The predicted molar refractivity (Wildman–Crippen MR) is 52.9 cm³/mol. The molecule has 1 rings (SSSR count). The van der Waals surface area contributed by atoms with Crippen LogP contribution in [0.2, 0.25) is 0 Å². The number of hydrogen-bond donors (Lipinski definition) is 1. The van der Waals surface area contributed by atoms with Crippen molar-refractivity contribution in [2.24, 2.45) is 0 Å². The van der Waals surface area contributed by atoms with Crippen molar-refractivity contribution in [1.29, 1.82) is 0 Å². The Morgan fingerprint density at radius 3 is 2.71 bits per heavy atom. The lowest BCUT2D eigenvalue weighted by Gasteiger charge is -2.35. The molecular formula is C10H19NO3. The first kappa shape index (κ1) is 11.5. The summed E-state index contributed by atoms with van der Waals surface area (Å²) in [5, 5.41) is 9.12. The summed E-state index contributed by atoms with van der Waals surface area (Å²) in [6.45, 7) is 4.30. The summed E-state index contributed by atoms with van der Waals surface area (Å²) in [5.41, 5.74) is -0.511. The van der Waals surface area contributed by atoms with Crippen LogP contribution in [0.25, 0.3) is 0 Å². The van der Waals surface area contributed by atoms with E-state index >= 15 is 0 Å². The molecule has 0 bridgehead atoms. The molecular weight excluding hydrogens is 182 g/mol. The molecule has 1 N–H and O–H groups in total. The Labute approximate surface area is 84.8 Å². The molecule has 4 heteroatoms. The quantitative estimate of drug-likeness (QED) is 0.719. The SMILES string of the molecule is CN(C(=O)[C@@H]1CCCO1)C(C)(C)CO. The number of nitrogens with zero attached hydrogens (tertiary/aromatic N) is 1. The monoisotopic (exact) mass is 201 g/mol. The number of aliphatic hydroxyl groups is 1. The van der Waals surface area contributed by atoms with Crippen molar-refractivity contribution in [2.75, 3.05) is 20.3 Å². The average Bonchev–Trinajstić information content (AvgIpc) is 2.68. The van der Waals surface area contributed by atoms with E-state index in [9.17, 15) is 4.79 Å². The maximum Gasteiger partial charge on any atom is 0.251 e. The van der Waals surface area contributed by atoms with Gasteiger partial charge >= 0.3 is 0 Å². The van der Waals surface area contributed by atoms with E-state index < -0.39 is 5.54 Å². The van der Waals surface area contributed by atoms with Crippen LogP contribution in [0.3, 0.4) is 0 Å². The molecule has 4 nitrogen and oxygen atoms in total. The Hall–Kier alpha value is -0.610. The minimum absolute atomic E-state index is 0.0263. The van der Waals surface area contributed by atoms with E-state index in [1.807, 2.05) is 13.8 Å². The highest BCUT2D eigenvalue weighted by Crippen LogP contribution is 2.19. The van der Waals surface area contributed by atoms with Crippen molar-refractivity contribution in [1.82, 2.24) is 4.90 Å². The van der Waals surface area contributed by atoms with Crippen LogP contribution in [-0.2, 0) is 9.53 Å². The van der Waals surface area contributed by atoms with Gasteiger partial charge in [-0.05, 0) is 26.7 Å². The number of likely N-dealkylation sites (N-methyl/N-ethyl adjacent to an activating group) is 1. The molecule has 1 fully saturated rings. The standard InChI is InChI=1S/C10H19NO3/c1-10(2,7-12)11(3)9(13)8-5-4-6-14-8/h8,12H,4-7H2,1-3H3/t8-/m0/s1. The first-order chi connectivity index (χ1) is 6.49. The van der Waals surface area contributed by atoms with Crippen molar-refractivity contribution in [3.8, 4) is 0 Å². The van der Waals surface area contributed by atoms with Gasteiger partial charge in [-0.3, -0.25) is 4.79 Å². The third-order valence-electron chi connectivity index (χ3n) is 2.83. The van der Waals surface area contributed by atoms with Gasteiger partial charge < -0.3 is 14.7 Å². The first-order valence-electron chi connectivity index (χ1n) is 4.99. The van der Waals surface area contributed by atoms with Crippen LogP contribution in [0.5, 0.6) is 0 Å². The lowest BCUT2D eigenvalue weighted by atomic mass is 10.0. The number of carbonyl (C=O) groups excluding carboxylic acids is 1. The topological polar surface area (TPSA) is 49.8 Å². The van der Waals surface area contributed by atoms with Crippen LogP contribution < -0.4 is 0 Å². The Bertz CT molecular complexity index is 209. The van der Waals surface area contributed by atoms with Gasteiger partial charge in [0, 0.05) is 13.7 Å². The van der Waals surface area contributed by atoms with Gasteiger partial charge in [0.15, 0.2) is 0 Å². The Morgan fingerprint density at radius 2 is 2.29 bits per heavy atom. The molecule has 82 valence electrons. The number of rotatable bonds is 3. The third kappa shape index (κ3) is 2.25. The predicted octanol–water partition coefficient (Wildman–Crippen LogP) is 0.395. The average molecular weight is 201 g/mol. The maximum atomic E-state index is 11.8. The van der Waals surface area contributed by atoms with Gasteiger partial charge in [0.2, 0.25) is 0 Å². The molecule has 1 saturated heterocycles. The fraction of sp³-hybridized carbons (Fsp3) is 0.900. The van der Waals surface area contributed by atoms with Crippen molar-refractivity contribution in [2.45, 2.75) is 38.3 Å². The number of amides is 1. The second-order valence-corrected chi connectivity index (χ2v) is 4.37. The minimum atomic E-state index is -0.511. The number of carbonyl (C=O) groups is 1. The largest absolute Gasteiger partial charge is 0.394 e. The van der Waals surface area contributed by atoms with Crippen LogP contribution in [0.4, 0.5) is 0 Å². The summed E-state index contributed by atoms with van der Waals surface area (Å²) in [5.74, 6) is -0.0263.